The molecule has 0 atom stereocenters. The third-order valence-corrected chi connectivity index (χ3v) is 2.10. The van der Waals surface area contributed by atoms with Gasteiger partial charge in [0, 0.05) is 11.3 Å². The zero-order chi connectivity index (χ0) is 12.0. The van der Waals surface area contributed by atoms with Crippen LogP contribution in [0.1, 0.15) is 5.56 Å². The second kappa shape index (κ2) is 6.19. The summed E-state index contributed by atoms with van der Waals surface area (Å²) >= 11 is 0. The molecule has 1 aromatic carbocycles. The van der Waals surface area contributed by atoms with Crippen LogP contribution in [-0.2, 0) is 0 Å². The number of ether oxygens (including phenoxy) is 2. The van der Waals surface area contributed by atoms with E-state index >= 15 is 0 Å². The molecule has 1 rings (SSSR count). The lowest BCUT2D eigenvalue weighted by Gasteiger charge is -2.15. The van der Waals surface area contributed by atoms with E-state index in [0.717, 1.165) is 5.56 Å². The molecule has 0 aliphatic rings. The minimum absolute atomic E-state index is 0.0666. The van der Waals surface area contributed by atoms with E-state index in [2.05, 4.69) is 0 Å². The highest BCUT2D eigenvalue weighted by atomic mass is 16.5. The normalized spacial score (nSPS) is 10.2. The van der Waals surface area contributed by atoms with Crippen LogP contribution in [0.15, 0.2) is 12.1 Å². The summed E-state index contributed by atoms with van der Waals surface area (Å²) < 4.78 is 10.7. The van der Waals surface area contributed by atoms with E-state index in [1.54, 1.807) is 12.1 Å². The molecular weight excluding hydrogens is 210 g/mol. The topological polar surface area (TPSA) is 84.9 Å². The van der Waals surface area contributed by atoms with Gasteiger partial charge in [-0.1, -0.05) is 0 Å². The molecule has 16 heavy (non-hydrogen) atoms. The van der Waals surface area contributed by atoms with Gasteiger partial charge in [-0.3, -0.25) is 0 Å². The predicted molar refractivity (Wildman–Crippen MR) is 60.8 cm³/mol. The fourth-order valence-corrected chi connectivity index (χ4v) is 1.28. The SMILES string of the molecule is Cc1c(N)ccc(OCCO)c1OCCO. The lowest BCUT2D eigenvalue weighted by Crippen LogP contribution is -2.08. The minimum atomic E-state index is -0.0757. The Balaban J connectivity index is 2.91. The van der Waals surface area contributed by atoms with Gasteiger partial charge in [0.15, 0.2) is 11.5 Å². The molecule has 0 bridgehead atoms. The molecule has 0 heterocycles. The quantitative estimate of drug-likeness (QED) is 0.609. The highest BCUT2D eigenvalue weighted by molar-refractivity contribution is 5.59. The van der Waals surface area contributed by atoms with Crippen molar-refractivity contribution >= 4 is 5.69 Å². The predicted octanol–water partition coefficient (Wildman–Crippen LogP) is 0.319. The maximum Gasteiger partial charge on any atom is 0.166 e. The van der Waals surface area contributed by atoms with Crippen LogP contribution in [-0.4, -0.2) is 36.6 Å². The number of rotatable bonds is 6. The van der Waals surface area contributed by atoms with E-state index < -0.39 is 0 Å². The van der Waals surface area contributed by atoms with Gasteiger partial charge in [-0.2, -0.15) is 0 Å². The molecule has 0 unspecified atom stereocenters. The van der Waals surface area contributed by atoms with Gasteiger partial charge in [0.25, 0.3) is 0 Å². The van der Waals surface area contributed by atoms with Crippen LogP contribution in [0.25, 0.3) is 0 Å². The number of aliphatic hydroxyl groups is 2. The molecule has 0 radical (unpaired) electrons. The van der Waals surface area contributed by atoms with Crippen LogP contribution < -0.4 is 15.2 Å². The van der Waals surface area contributed by atoms with Crippen LogP contribution in [0.5, 0.6) is 11.5 Å². The number of anilines is 1. The van der Waals surface area contributed by atoms with E-state index in [4.69, 9.17) is 25.4 Å². The molecule has 0 saturated carbocycles. The lowest BCUT2D eigenvalue weighted by molar-refractivity contribution is 0.177. The fourth-order valence-electron chi connectivity index (χ4n) is 1.28. The van der Waals surface area contributed by atoms with Gasteiger partial charge in [0.1, 0.15) is 13.2 Å². The van der Waals surface area contributed by atoms with Crippen molar-refractivity contribution in [2.45, 2.75) is 6.92 Å². The molecule has 0 aliphatic heterocycles. The van der Waals surface area contributed by atoms with Crippen LogP contribution in [0.4, 0.5) is 5.69 Å². The Kier molecular flexibility index (Phi) is 4.88. The first-order valence-corrected chi connectivity index (χ1v) is 5.07. The highest BCUT2D eigenvalue weighted by Gasteiger charge is 2.11. The summed E-state index contributed by atoms with van der Waals surface area (Å²) in [5.41, 5.74) is 7.11. The van der Waals surface area contributed by atoms with Crippen LogP contribution in [0.2, 0.25) is 0 Å². The molecular formula is C11H17NO4. The number of nitrogens with two attached hydrogens (primary N) is 1. The Morgan fingerprint density at radius 2 is 1.75 bits per heavy atom. The summed E-state index contributed by atoms with van der Waals surface area (Å²) in [4.78, 5) is 0. The monoisotopic (exact) mass is 227 g/mol. The van der Waals surface area contributed by atoms with Crippen molar-refractivity contribution in [1.82, 2.24) is 0 Å². The first-order chi connectivity index (χ1) is 7.70. The highest BCUT2D eigenvalue weighted by Crippen LogP contribution is 2.34. The largest absolute Gasteiger partial charge is 0.487 e. The van der Waals surface area contributed by atoms with Crippen molar-refractivity contribution in [3.05, 3.63) is 17.7 Å². The van der Waals surface area contributed by atoms with E-state index in [1.807, 2.05) is 6.92 Å². The van der Waals surface area contributed by atoms with Gasteiger partial charge < -0.3 is 25.4 Å². The Labute approximate surface area is 94.4 Å². The Morgan fingerprint density at radius 1 is 1.12 bits per heavy atom. The number of aliphatic hydroxyl groups excluding tert-OH is 2. The molecule has 0 spiro atoms. The maximum absolute atomic E-state index is 8.72. The van der Waals surface area contributed by atoms with Crippen LogP contribution in [0.3, 0.4) is 0 Å². The average Bonchev–Trinajstić information content (AvgIpc) is 2.29. The van der Waals surface area contributed by atoms with Crippen molar-refractivity contribution in [3.8, 4) is 11.5 Å². The van der Waals surface area contributed by atoms with E-state index in [1.165, 1.54) is 0 Å². The molecule has 5 nitrogen and oxygen atoms in total. The lowest BCUT2D eigenvalue weighted by atomic mass is 10.1. The molecule has 0 aliphatic carbocycles. The first kappa shape index (κ1) is 12.6. The fraction of sp³-hybridized carbons (Fsp3) is 0.455. The van der Waals surface area contributed by atoms with Crippen LogP contribution >= 0.6 is 0 Å². The summed E-state index contributed by atoms with van der Waals surface area (Å²) in [5.74, 6) is 1.04. The van der Waals surface area contributed by atoms with Crippen molar-refractivity contribution in [3.63, 3.8) is 0 Å². The molecule has 0 fully saturated rings. The van der Waals surface area contributed by atoms with Crippen molar-refractivity contribution in [2.24, 2.45) is 0 Å². The molecule has 0 amide bonds. The van der Waals surface area contributed by atoms with Gasteiger partial charge in [-0.25, -0.2) is 0 Å². The van der Waals surface area contributed by atoms with Gasteiger partial charge in [0.2, 0.25) is 0 Å². The van der Waals surface area contributed by atoms with Crippen molar-refractivity contribution in [2.75, 3.05) is 32.2 Å². The number of nitrogen functional groups attached to an aromatic ring is 1. The second-order valence-electron chi connectivity index (χ2n) is 3.25. The summed E-state index contributed by atoms with van der Waals surface area (Å²) in [6, 6.07) is 3.40. The van der Waals surface area contributed by atoms with Crippen molar-refractivity contribution < 1.29 is 19.7 Å². The summed E-state index contributed by atoms with van der Waals surface area (Å²) in [6.07, 6.45) is 0. The summed E-state index contributed by atoms with van der Waals surface area (Å²) in [6.45, 7) is 2.04. The first-order valence-electron chi connectivity index (χ1n) is 5.07. The van der Waals surface area contributed by atoms with Gasteiger partial charge in [-0.15, -0.1) is 0 Å². The number of hydrogen-bond donors (Lipinski definition) is 3. The van der Waals surface area contributed by atoms with E-state index in [9.17, 15) is 0 Å². The molecule has 4 N–H and O–H groups in total. The van der Waals surface area contributed by atoms with E-state index in [-0.39, 0.29) is 26.4 Å². The zero-order valence-corrected chi connectivity index (χ0v) is 9.27. The zero-order valence-electron chi connectivity index (χ0n) is 9.27. The molecule has 1 aromatic rings. The Morgan fingerprint density at radius 3 is 2.38 bits per heavy atom. The van der Waals surface area contributed by atoms with Crippen LogP contribution in [0, 0.1) is 6.92 Å². The van der Waals surface area contributed by atoms with Gasteiger partial charge in [-0.05, 0) is 19.1 Å². The molecule has 0 saturated heterocycles. The van der Waals surface area contributed by atoms with Crippen molar-refractivity contribution in [1.29, 1.82) is 0 Å². The molecule has 0 aromatic heterocycles. The third-order valence-electron chi connectivity index (χ3n) is 2.10. The van der Waals surface area contributed by atoms with E-state index in [0.29, 0.717) is 17.2 Å². The smallest absolute Gasteiger partial charge is 0.166 e. The third kappa shape index (κ3) is 3.01. The van der Waals surface area contributed by atoms with Gasteiger partial charge >= 0.3 is 0 Å². The minimum Gasteiger partial charge on any atom is -0.487 e. The number of hydrogen-bond acceptors (Lipinski definition) is 5. The molecule has 90 valence electrons. The Hall–Kier alpha value is -1.46. The molecule has 5 heteroatoms. The summed E-state index contributed by atoms with van der Waals surface area (Å²) in [7, 11) is 0. The number of benzene rings is 1. The summed E-state index contributed by atoms with van der Waals surface area (Å²) in [5, 5.41) is 17.4. The Bertz CT molecular complexity index is 341. The standard InChI is InChI=1S/C11H17NO4/c1-8-9(12)2-3-10(15-6-4-13)11(8)16-7-5-14/h2-3,13-14H,4-7,12H2,1H3. The second-order valence-corrected chi connectivity index (χ2v) is 3.25. The maximum atomic E-state index is 8.72. The van der Waals surface area contributed by atoms with Gasteiger partial charge in [0.05, 0.1) is 13.2 Å². The average molecular weight is 227 g/mol.